The van der Waals surface area contributed by atoms with Gasteiger partial charge in [-0.2, -0.15) is 0 Å². The van der Waals surface area contributed by atoms with Crippen LogP contribution in [-0.2, 0) is 32.3 Å². The van der Waals surface area contributed by atoms with E-state index in [0.717, 1.165) is 36.8 Å². The number of fused-ring (bicyclic) bond motifs is 1. The third kappa shape index (κ3) is 3.32. The lowest BCUT2D eigenvalue weighted by molar-refractivity contribution is -0.239. The van der Waals surface area contributed by atoms with Crippen LogP contribution in [0.3, 0.4) is 0 Å². The highest BCUT2D eigenvalue weighted by molar-refractivity contribution is 6.03. The Balaban J connectivity index is 1.58. The van der Waals surface area contributed by atoms with Crippen LogP contribution in [-0.4, -0.2) is 11.9 Å². The second-order valence-electron chi connectivity index (χ2n) is 9.15. The Kier molecular flexibility index (Phi) is 5.68. The van der Waals surface area contributed by atoms with Crippen LogP contribution in [0, 0.1) is 22.7 Å². The lowest BCUT2D eigenvalue weighted by Gasteiger charge is -2.65. The maximum Gasteiger partial charge on any atom is 0.324 e. The zero-order valence-corrected chi connectivity index (χ0v) is 17.8. The third-order valence-electron chi connectivity index (χ3n) is 7.33. The van der Waals surface area contributed by atoms with Crippen molar-refractivity contribution in [2.75, 3.05) is 0 Å². The molecule has 0 saturated heterocycles. The second kappa shape index (κ2) is 8.25. The molecule has 2 fully saturated rings. The Morgan fingerprint density at radius 2 is 1.20 bits per heavy atom. The van der Waals surface area contributed by atoms with Gasteiger partial charge in [0.25, 0.3) is 0 Å². The van der Waals surface area contributed by atoms with Gasteiger partial charge >= 0.3 is 11.9 Å². The molecule has 2 aromatic carbocycles. The molecule has 0 bridgehead atoms. The van der Waals surface area contributed by atoms with Gasteiger partial charge in [-0.05, 0) is 41.2 Å². The number of carbonyl (C=O) groups excluding carboxylic acids is 2. The summed E-state index contributed by atoms with van der Waals surface area (Å²) in [6.07, 6.45) is 4.11. The highest BCUT2D eigenvalue weighted by Gasteiger charge is 2.76. The molecule has 2 aliphatic rings. The van der Waals surface area contributed by atoms with Crippen molar-refractivity contribution in [1.82, 2.24) is 0 Å². The summed E-state index contributed by atoms with van der Waals surface area (Å²) in [6, 6.07) is 19.2. The van der Waals surface area contributed by atoms with E-state index >= 15 is 0 Å². The fraction of sp³-hybridized carbons (Fsp3) is 0.462. The van der Waals surface area contributed by atoms with Gasteiger partial charge in [-0.1, -0.05) is 87.4 Å². The van der Waals surface area contributed by atoms with Crippen molar-refractivity contribution in [3.8, 4) is 0 Å². The summed E-state index contributed by atoms with van der Waals surface area (Å²) >= 11 is 0. The highest BCUT2D eigenvalue weighted by atomic mass is 16.6. The molecule has 158 valence electrons. The van der Waals surface area contributed by atoms with Crippen molar-refractivity contribution in [1.29, 1.82) is 0 Å². The molecule has 0 aromatic heterocycles. The Labute approximate surface area is 178 Å². The summed E-state index contributed by atoms with van der Waals surface area (Å²) in [5.74, 6) is -0.525. The maximum absolute atomic E-state index is 13.5. The van der Waals surface area contributed by atoms with Gasteiger partial charge in [0.1, 0.15) is 13.2 Å². The molecule has 0 aliphatic heterocycles. The molecule has 2 saturated carbocycles. The third-order valence-corrected chi connectivity index (χ3v) is 7.33. The molecule has 2 unspecified atom stereocenters. The minimum absolute atomic E-state index is 0.00667. The quantitative estimate of drug-likeness (QED) is 0.482. The van der Waals surface area contributed by atoms with E-state index in [9.17, 15) is 9.59 Å². The fourth-order valence-corrected chi connectivity index (χ4v) is 5.77. The normalized spacial score (nSPS) is 23.5. The van der Waals surface area contributed by atoms with E-state index in [-0.39, 0.29) is 19.1 Å². The largest absolute Gasteiger partial charge is 0.460 e. The average molecular weight is 407 g/mol. The molecule has 4 heteroatoms. The number of hydrogen-bond donors (Lipinski definition) is 0. The van der Waals surface area contributed by atoms with Crippen molar-refractivity contribution in [2.45, 2.75) is 52.7 Å². The summed E-state index contributed by atoms with van der Waals surface area (Å²) in [6.45, 7) is 4.40. The summed E-state index contributed by atoms with van der Waals surface area (Å²) in [5, 5.41) is 0. The van der Waals surface area contributed by atoms with Crippen LogP contribution in [0.25, 0.3) is 0 Å². The number of hydrogen-bond acceptors (Lipinski definition) is 4. The van der Waals surface area contributed by atoms with E-state index in [2.05, 4.69) is 0 Å². The molecule has 0 radical (unpaired) electrons. The molecule has 2 aromatic rings. The first-order chi connectivity index (χ1) is 14.5. The van der Waals surface area contributed by atoms with Crippen LogP contribution in [0.5, 0.6) is 0 Å². The molecule has 0 N–H and O–H groups in total. The Morgan fingerprint density at radius 1 is 0.767 bits per heavy atom. The number of rotatable bonds is 6. The molecular formula is C26H30O4. The average Bonchev–Trinajstić information content (AvgIpc) is 2.78. The van der Waals surface area contributed by atoms with Crippen LogP contribution >= 0.6 is 0 Å². The van der Waals surface area contributed by atoms with Gasteiger partial charge in [0.05, 0.1) is 0 Å². The standard InChI is InChI=1S/C26H30O4/c1-25(2)21-15-9-10-16-22(21)26(25,23(27)29-17-19-11-5-3-6-12-19)24(28)30-18-20-13-7-4-8-14-20/h3-8,11-14,21-22H,9-10,15-18H2,1-2H3. The zero-order valence-electron chi connectivity index (χ0n) is 17.8. The van der Waals surface area contributed by atoms with Crippen LogP contribution < -0.4 is 0 Å². The van der Waals surface area contributed by atoms with Gasteiger partial charge in [-0.15, -0.1) is 0 Å². The number of carbonyl (C=O) groups is 2. The van der Waals surface area contributed by atoms with Crippen LogP contribution in [0.4, 0.5) is 0 Å². The minimum atomic E-state index is -1.23. The monoisotopic (exact) mass is 406 g/mol. The van der Waals surface area contributed by atoms with E-state index in [1.807, 2.05) is 74.5 Å². The lowest BCUT2D eigenvalue weighted by atomic mass is 9.36. The van der Waals surface area contributed by atoms with E-state index in [0.29, 0.717) is 5.92 Å². The Morgan fingerprint density at radius 3 is 1.67 bits per heavy atom. The predicted octanol–water partition coefficient (Wildman–Crippen LogP) is 5.31. The minimum Gasteiger partial charge on any atom is -0.460 e. The zero-order chi connectivity index (χ0) is 21.2. The first-order valence-corrected chi connectivity index (χ1v) is 10.9. The van der Waals surface area contributed by atoms with Gasteiger partial charge in [0.2, 0.25) is 0 Å². The molecule has 30 heavy (non-hydrogen) atoms. The Bertz CT molecular complexity index is 832. The molecule has 2 atom stereocenters. The van der Waals surface area contributed by atoms with Crippen molar-refractivity contribution >= 4 is 11.9 Å². The maximum atomic E-state index is 13.5. The summed E-state index contributed by atoms with van der Waals surface area (Å²) in [7, 11) is 0. The van der Waals surface area contributed by atoms with Gasteiger partial charge in [-0.25, -0.2) is 0 Å². The molecule has 0 amide bonds. The lowest BCUT2D eigenvalue weighted by Crippen LogP contribution is -2.71. The molecule has 4 nitrogen and oxygen atoms in total. The van der Waals surface area contributed by atoms with E-state index in [1.165, 1.54) is 0 Å². The second-order valence-corrected chi connectivity index (χ2v) is 9.15. The van der Waals surface area contributed by atoms with Gasteiger partial charge in [0, 0.05) is 0 Å². The molecule has 4 rings (SSSR count). The molecular weight excluding hydrogens is 376 g/mol. The topological polar surface area (TPSA) is 52.6 Å². The van der Waals surface area contributed by atoms with Gasteiger partial charge in [0.15, 0.2) is 5.41 Å². The predicted molar refractivity (Wildman–Crippen MR) is 114 cm³/mol. The van der Waals surface area contributed by atoms with Gasteiger partial charge < -0.3 is 9.47 Å². The van der Waals surface area contributed by atoms with Crippen LogP contribution in [0.1, 0.15) is 50.7 Å². The SMILES string of the molecule is CC1(C)C2CCCCC2C1(C(=O)OCc1ccccc1)C(=O)OCc1ccccc1. The van der Waals surface area contributed by atoms with Gasteiger partial charge in [-0.3, -0.25) is 9.59 Å². The smallest absolute Gasteiger partial charge is 0.324 e. The van der Waals surface area contributed by atoms with Crippen molar-refractivity contribution in [3.05, 3.63) is 71.8 Å². The summed E-state index contributed by atoms with van der Waals surface area (Å²) in [4.78, 5) is 27.0. The van der Waals surface area contributed by atoms with E-state index in [4.69, 9.17) is 9.47 Å². The van der Waals surface area contributed by atoms with E-state index < -0.39 is 22.8 Å². The fourth-order valence-electron chi connectivity index (χ4n) is 5.77. The number of esters is 2. The van der Waals surface area contributed by atoms with Crippen molar-refractivity contribution in [3.63, 3.8) is 0 Å². The molecule has 0 heterocycles. The summed E-state index contributed by atoms with van der Waals surface area (Å²) in [5.41, 5.74) is 0.105. The first-order valence-electron chi connectivity index (χ1n) is 10.9. The van der Waals surface area contributed by atoms with Crippen LogP contribution in [0.2, 0.25) is 0 Å². The summed E-state index contributed by atoms with van der Waals surface area (Å²) < 4.78 is 11.5. The highest BCUT2D eigenvalue weighted by Crippen LogP contribution is 2.69. The number of benzene rings is 2. The van der Waals surface area contributed by atoms with Crippen molar-refractivity contribution in [2.24, 2.45) is 22.7 Å². The van der Waals surface area contributed by atoms with E-state index in [1.54, 1.807) is 0 Å². The van der Waals surface area contributed by atoms with Crippen LogP contribution in [0.15, 0.2) is 60.7 Å². The molecule has 2 aliphatic carbocycles. The Hall–Kier alpha value is -2.62. The molecule has 0 spiro atoms. The first kappa shape index (κ1) is 20.6. The van der Waals surface area contributed by atoms with Crippen molar-refractivity contribution < 1.29 is 19.1 Å². The number of ether oxygens (including phenoxy) is 2.